The summed E-state index contributed by atoms with van der Waals surface area (Å²) in [4.78, 5) is 4.84. The van der Waals surface area contributed by atoms with Gasteiger partial charge in [0.05, 0.1) is 23.6 Å². The van der Waals surface area contributed by atoms with Crippen molar-refractivity contribution in [2.75, 3.05) is 0 Å². The van der Waals surface area contributed by atoms with Gasteiger partial charge in [-0.05, 0) is 96.0 Å². The average Bonchev–Trinajstić information content (AvgIpc) is 3.42. The van der Waals surface area contributed by atoms with E-state index in [0.717, 1.165) is 57.6 Å². The lowest BCUT2D eigenvalue weighted by atomic mass is 10.1. The number of ether oxygens (including phenoxy) is 1. The Morgan fingerprint density at radius 2 is 1.94 bits per heavy atom. The number of benzene rings is 1. The van der Waals surface area contributed by atoms with Crippen LogP contribution in [0.25, 0.3) is 5.52 Å². The molecular formula is C27H37BrN4O2Si. The predicted octanol–water partition coefficient (Wildman–Crippen LogP) is 7.40. The van der Waals surface area contributed by atoms with Crippen molar-refractivity contribution in [3.05, 3.63) is 52.3 Å². The molecule has 0 aliphatic heterocycles. The van der Waals surface area contributed by atoms with Crippen LogP contribution in [0.1, 0.15) is 64.5 Å². The van der Waals surface area contributed by atoms with Crippen molar-refractivity contribution in [2.45, 2.75) is 84.0 Å². The topological polar surface area (TPSA) is 74.1 Å². The van der Waals surface area contributed by atoms with Crippen molar-refractivity contribution >= 4 is 41.3 Å². The Bertz CT molecular complexity index is 1240. The zero-order valence-electron chi connectivity index (χ0n) is 21.7. The molecule has 1 aliphatic carbocycles. The number of hydrogen-bond donors (Lipinski definition) is 1. The lowest BCUT2D eigenvalue weighted by Crippen LogP contribution is -2.43. The molecule has 6 nitrogen and oxygen atoms in total. The standard InChI is InChI=1S/C27H37BrN4O2Si/c1-7-18-14-21(34-35(5,6)27(2,3)4)12-13-23(18)31-26(29)22-16-30-32-17-19(28)15-24(32)25(22)33-20-10-8-9-11-20/h12-17,20H,7-11H2,1-6H3,(H2,29,31). The highest BCUT2D eigenvalue weighted by Gasteiger charge is 2.39. The number of amidine groups is 1. The Hall–Kier alpha value is -2.32. The van der Waals surface area contributed by atoms with Crippen molar-refractivity contribution in [2.24, 2.45) is 10.7 Å². The van der Waals surface area contributed by atoms with E-state index >= 15 is 0 Å². The molecule has 8 heteroatoms. The van der Waals surface area contributed by atoms with Crippen LogP contribution in [-0.4, -0.2) is 29.9 Å². The van der Waals surface area contributed by atoms with Gasteiger partial charge in [-0.2, -0.15) is 5.10 Å². The normalized spacial score (nSPS) is 15.7. The Morgan fingerprint density at radius 3 is 2.60 bits per heavy atom. The third-order valence-electron chi connectivity index (χ3n) is 7.27. The minimum atomic E-state index is -1.92. The van der Waals surface area contributed by atoms with Crippen LogP contribution < -0.4 is 14.9 Å². The largest absolute Gasteiger partial charge is 0.543 e. The first-order chi connectivity index (χ1) is 16.5. The quantitative estimate of drug-likeness (QED) is 0.187. The highest BCUT2D eigenvalue weighted by molar-refractivity contribution is 9.10. The van der Waals surface area contributed by atoms with Gasteiger partial charge in [0.1, 0.15) is 17.1 Å². The van der Waals surface area contributed by atoms with Gasteiger partial charge in [0.15, 0.2) is 5.75 Å². The van der Waals surface area contributed by atoms with Gasteiger partial charge in [-0.3, -0.25) is 0 Å². The summed E-state index contributed by atoms with van der Waals surface area (Å²) in [5, 5.41) is 4.69. The van der Waals surface area contributed by atoms with Crippen LogP contribution in [0.5, 0.6) is 11.5 Å². The van der Waals surface area contributed by atoms with Gasteiger partial charge in [0.25, 0.3) is 0 Å². The first-order valence-corrected chi connectivity index (χ1v) is 16.2. The van der Waals surface area contributed by atoms with Gasteiger partial charge in [-0.1, -0.05) is 27.7 Å². The van der Waals surface area contributed by atoms with Crippen molar-refractivity contribution in [3.63, 3.8) is 0 Å². The molecule has 188 valence electrons. The summed E-state index contributed by atoms with van der Waals surface area (Å²) in [5.41, 5.74) is 10.2. The summed E-state index contributed by atoms with van der Waals surface area (Å²) in [7, 11) is -1.92. The second-order valence-electron chi connectivity index (χ2n) is 10.9. The van der Waals surface area contributed by atoms with Crippen molar-refractivity contribution in [3.8, 4) is 11.5 Å². The molecule has 2 aromatic heterocycles. The van der Waals surface area contributed by atoms with Crippen LogP contribution in [0.15, 0.2) is 46.1 Å². The van der Waals surface area contributed by atoms with E-state index in [0.29, 0.717) is 5.84 Å². The van der Waals surface area contributed by atoms with Crippen LogP contribution in [-0.2, 0) is 6.42 Å². The average molecular weight is 558 g/mol. The minimum Gasteiger partial charge on any atom is -0.543 e. The maximum atomic E-state index is 6.61. The first-order valence-electron chi connectivity index (χ1n) is 12.5. The summed E-state index contributed by atoms with van der Waals surface area (Å²) >= 11 is 3.56. The molecule has 3 aromatic rings. The molecule has 0 saturated heterocycles. The smallest absolute Gasteiger partial charge is 0.250 e. The molecule has 1 saturated carbocycles. The molecule has 0 unspecified atom stereocenters. The highest BCUT2D eigenvalue weighted by Crippen LogP contribution is 2.38. The number of aliphatic imine (C=N–C) groups is 1. The summed E-state index contributed by atoms with van der Waals surface area (Å²) in [6.07, 6.45) is 9.20. The Labute approximate surface area is 218 Å². The lowest BCUT2D eigenvalue weighted by Gasteiger charge is -2.36. The second kappa shape index (κ2) is 9.97. The Morgan fingerprint density at radius 1 is 1.23 bits per heavy atom. The summed E-state index contributed by atoms with van der Waals surface area (Å²) in [6, 6.07) is 8.13. The van der Waals surface area contributed by atoms with E-state index in [9.17, 15) is 0 Å². The van der Waals surface area contributed by atoms with Crippen molar-refractivity contribution in [1.29, 1.82) is 0 Å². The van der Waals surface area contributed by atoms with Gasteiger partial charge in [-0.25, -0.2) is 9.51 Å². The van der Waals surface area contributed by atoms with Crippen LogP contribution in [0.4, 0.5) is 5.69 Å². The van der Waals surface area contributed by atoms with Crippen LogP contribution in [0.2, 0.25) is 18.1 Å². The molecule has 2 heterocycles. The predicted molar refractivity (Wildman–Crippen MR) is 150 cm³/mol. The van der Waals surface area contributed by atoms with E-state index in [1.54, 1.807) is 6.20 Å². The molecule has 1 fully saturated rings. The zero-order chi connectivity index (χ0) is 25.4. The second-order valence-corrected chi connectivity index (χ2v) is 16.5. The number of fused-ring (bicyclic) bond motifs is 1. The van der Waals surface area contributed by atoms with Gasteiger partial charge in [0, 0.05) is 10.7 Å². The number of halogens is 1. The maximum absolute atomic E-state index is 6.61. The van der Waals surface area contributed by atoms with E-state index < -0.39 is 8.32 Å². The lowest BCUT2D eigenvalue weighted by molar-refractivity contribution is 0.211. The molecule has 35 heavy (non-hydrogen) atoms. The minimum absolute atomic E-state index is 0.135. The molecular weight excluding hydrogens is 520 g/mol. The summed E-state index contributed by atoms with van der Waals surface area (Å²) in [5.74, 6) is 2.05. The molecule has 1 aliphatic rings. The summed E-state index contributed by atoms with van der Waals surface area (Å²) in [6.45, 7) is 13.4. The Balaban J connectivity index is 1.70. The number of aromatic nitrogens is 2. The number of nitrogens with two attached hydrogens (primary N) is 1. The molecule has 0 atom stereocenters. The van der Waals surface area contributed by atoms with Crippen LogP contribution in [0, 0.1) is 0 Å². The van der Waals surface area contributed by atoms with Crippen molar-refractivity contribution < 1.29 is 9.16 Å². The Kier molecular flexibility index (Phi) is 7.34. The molecule has 1 aromatic carbocycles. The number of nitrogens with zero attached hydrogens (tertiary/aromatic N) is 3. The number of hydrogen-bond acceptors (Lipinski definition) is 4. The monoisotopic (exact) mass is 556 g/mol. The molecule has 0 radical (unpaired) electrons. The van der Waals surface area contributed by atoms with Crippen molar-refractivity contribution in [1.82, 2.24) is 9.61 Å². The molecule has 0 bridgehead atoms. The van der Waals surface area contributed by atoms with Crippen LogP contribution >= 0.6 is 15.9 Å². The van der Waals surface area contributed by atoms with E-state index in [4.69, 9.17) is 19.9 Å². The van der Waals surface area contributed by atoms with Crippen LogP contribution in [0.3, 0.4) is 0 Å². The summed E-state index contributed by atoms with van der Waals surface area (Å²) < 4.78 is 15.8. The van der Waals surface area contributed by atoms with E-state index in [-0.39, 0.29) is 11.1 Å². The fourth-order valence-corrected chi connectivity index (χ4v) is 5.57. The van der Waals surface area contributed by atoms with Gasteiger partial charge in [0.2, 0.25) is 8.32 Å². The third-order valence-corrected chi connectivity index (χ3v) is 12.1. The van der Waals surface area contributed by atoms with Gasteiger partial charge >= 0.3 is 0 Å². The van der Waals surface area contributed by atoms with Gasteiger partial charge in [-0.15, -0.1) is 0 Å². The van der Waals surface area contributed by atoms with E-state index in [1.165, 1.54) is 12.8 Å². The SMILES string of the molecule is CCc1cc(O[Si](C)(C)C(C)(C)C)ccc1N=C(N)c1cnn2cc(Br)cc2c1OC1CCCC1. The molecule has 4 rings (SSSR count). The fourth-order valence-electron chi connectivity index (χ4n) is 4.14. The molecule has 0 amide bonds. The third kappa shape index (κ3) is 5.59. The highest BCUT2D eigenvalue weighted by atomic mass is 79.9. The van der Waals surface area contributed by atoms with E-state index in [1.807, 2.05) is 28.9 Å². The number of rotatable bonds is 7. The van der Waals surface area contributed by atoms with E-state index in [2.05, 4.69) is 67.9 Å². The van der Waals surface area contributed by atoms with Gasteiger partial charge < -0.3 is 14.9 Å². The fraction of sp³-hybridized carbons (Fsp3) is 0.481. The first kappa shape index (κ1) is 25.8. The molecule has 0 spiro atoms. The number of aryl methyl sites for hydroxylation is 1. The molecule has 2 N–H and O–H groups in total. The zero-order valence-corrected chi connectivity index (χ0v) is 24.3. The maximum Gasteiger partial charge on any atom is 0.250 e.